The van der Waals surface area contributed by atoms with E-state index in [9.17, 15) is 0 Å². The van der Waals surface area contributed by atoms with Crippen molar-refractivity contribution in [1.29, 1.82) is 0 Å². The van der Waals surface area contributed by atoms with Gasteiger partial charge < -0.3 is 13.3 Å². The maximum atomic E-state index is 5.61. The van der Waals surface area contributed by atoms with Crippen LogP contribution < -0.4 is 0 Å². The molecule has 0 saturated carbocycles. The van der Waals surface area contributed by atoms with E-state index in [-0.39, 0.29) is 0 Å². The predicted molar refractivity (Wildman–Crippen MR) is 134 cm³/mol. The summed E-state index contributed by atoms with van der Waals surface area (Å²) in [5.41, 5.74) is 0. The van der Waals surface area contributed by atoms with Crippen molar-refractivity contribution < 1.29 is 13.3 Å². The van der Waals surface area contributed by atoms with Gasteiger partial charge in [0.15, 0.2) is 5.89 Å². The molecular formula is C27H45N3O3. The van der Waals surface area contributed by atoms with Crippen LogP contribution in [0.4, 0.5) is 0 Å². The lowest BCUT2D eigenvalue weighted by Crippen LogP contribution is -1.85. The van der Waals surface area contributed by atoms with Crippen LogP contribution in [-0.2, 0) is 0 Å². The SMILES string of the molecule is CC(C)c1ccc(C(C)C)o1.CC(C)c1cnc(C(C)C)o1.CC(C)c1nnc(C(C)C)o1. The van der Waals surface area contributed by atoms with E-state index in [0.29, 0.717) is 35.5 Å². The number of aromatic nitrogens is 3. The molecule has 0 N–H and O–H groups in total. The van der Waals surface area contributed by atoms with Gasteiger partial charge in [-0.3, -0.25) is 0 Å². The maximum absolute atomic E-state index is 5.61. The van der Waals surface area contributed by atoms with E-state index in [4.69, 9.17) is 13.3 Å². The molecule has 0 unspecified atom stereocenters. The molecule has 33 heavy (non-hydrogen) atoms. The second-order valence-electron chi connectivity index (χ2n) is 10.2. The highest BCUT2D eigenvalue weighted by Gasteiger charge is 2.11. The molecule has 0 bridgehead atoms. The fraction of sp³-hybridized carbons (Fsp3) is 0.667. The van der Waals surface area contributed by atoms with Gasteiger partial charge in [0.25, 0.3) is 0 Å². The molecule has 0 radical (unpaired) electrons. The van der Waals surface area contributed by atoms with E-state index >= 15 is 0 Å². The molecule has 0 amide bonds. The molecule has 3 rings (SSSR count). The second-order valence-corrected chi connectivity index (χ2v) is 10.2. The Morgan fingerprint density at radius 1 is 0.455 bits per heavy atom. The molecule has 0 atom stereocenters. The Morgan fingerprint density at radius 3 is 1.06 bits per heavy atom. The Morgan fingerprint density at radius 2 is 0.848 bits per heavy atom. The molecule has 0 aliphatic heterocycles. The van der Waals surface area contributed by atoms with Gasteiger partial charge in [0.1, 0.15) is 17.3 Å². The zero-order valence-electron chi connectivity index (χ0n) is 22.8. The highest BCUT2D eigenvalue weighted by molar-refractivity contribution is 5.12. The van der Waals surface area contributed by atoms with Crippen molar-refractivity contribution in [3.05, 3.63) is 53.3 Å². The van der Waals surface area contributed by atoms with Crippen LogP contribution in [0.3, 0.4) is 0 Å². The van der Waals surface area contributed by atoms with Gasteiger partial charge in [0.2, 0.25) is 11.8 Å². The summed E-state index contributed by atoms with van der Waals surface area (Å²) >= 11 is 0. The third-order valence-electron chi connectivity index (χ3n) is 4.83. The lowest BCUT2D eigenvalue weighted by atomic mass is 10.1. The average Bonchev–Trinajstić information content (AvgIpc) is 3.49. The van der Waals surface area contributed by atoms with Gasteiger partial charge in [-0.2, -0.15) is 0 Å². The smallest absolute Gasteiger partial charge is 0.219 e. The third kappa shape index (κ3) is 9.56. The number of furan rings is 1. The first-order valence-corrected chi connectivity index (χ1v) is 12.2. The fourth-order valence-electron chi connectivity index (χ4n) is 2.54. The van der Waals surface area contributed by atoms with Gasteiger partial charge >= 0.3 is 0 Å². The highest BCUT2D eigenvalue weighted by Crippen LogP contribution is 2.22. The Hall–Kier alpha value is -2.37. The molecular weight excluding hydrogens is 414 g/mol. The normalized spacial score (nSPS) is 11.5. The van der Waals surface area contributed by atoms with Gasteiger partial charge in [-0.15, -0.1) is 10.2 Å². The van der Waals surface area contributed by atoms with Crippen molar-refractivity contribution in [3.63, 3.8) is 0 Å². The van der Waals surface area contributed by atoms with Gasteiger partial charge in [0.05, 0.1) is 6.20 Å². The summed E-state index contributed by atoms with van der Waals surface area (Å²) in [7, 11) is 0. The Balaban J connectivity index is 0.000000247. The number of nitrogens with zero attached hydrogens (tertiary/aromatic N) is 3. The molecule has 0 saturated heterocycles. The van der Waals surface area contributed by atoms with Crippen molar-refractivity contribution in [3.8, 4) is 0 Å². The summed E-state index contributed by atoms with van der Waals surface area (Å²) in [4.78, 5) is 4.17. The van der Waals surface area contributed by atoms with Crippen LogP contribution in [0.2, 0.25) is 0 Å². The van der Waals surface area contributed by atoms with E-state index in [2.05, 4.69) is 82.7 Å². The van der Waals surface area contributed by atoms with Crippen LogP contribution in [0, 0.1) is 0 Å². The van der Waals surface area contributed by atoms with Gasteiger partial charge in [-0.1, -0.05) is 83.1 Å². The standard InChI is InChI=1S/C10H16O.C9H15NO.C8H14N2O/c1-7(2)9-5-6-10(11-9)8(3)4;1-6(2)8-5-10-9(11-8)7(3)4;1-5(2)7-9-10-8(11-7)6(3)4/h5-8H,1-4H3;5-7H,1-4H3;5-6H,1-4H3. The molecule has 3 heterocycles. The van der Waals surface area contributed by atoms with Gasteiger partial charge in [-0.05, 0) is 12.1 Å². The second kappa shape index (κ2) is 13.4. The molecule has 0 aliphatic rings. The number of hydrogen-bond donors (Lipinski definition) is 0. The summed E-state index contributed by atoms with van der Waals surface area (Å²) in [5.74, 6) is 7.96. The molecule has 0 aromatic carbocycles. The van der Waals surface area contributed by atoms with E-state index in [1.807, 2.05) is 33.9 Å². The third-order valence-corrected chi connectivity index (χ3v) is 4.83. The average molecular weight is 460 g/mol. The van der Waals surface area contributed by atoms with E-state index < -0.39 is 0 Å². The Labute approximate surface area is 200 Å². The summed E-state index contributed by atoms with van der Waals surface area (Å²) in [5, 5.41) is 7.84. The first-order valence-electron chi connectivity index (χ1n) is 12.2. The topological polar surface area (TPSA) is 78.1 Å². The molecule has 6 nitrogen and oxygen atoms in total. The van der Waals surface area contributed by atoms with E-state index in [1.54, 1.807) is 0 Å². The summed E-state index contributed by atoms with van der Waals surface area (Å²) in [6.45, 7) is 25.1. The molecule has 0 aliphatic carbocycles. The van der Waals surface area contributed by atoms with Crippen LogP contribution >= 0.6 is 0 Å². The Bertz CT molecular complexity index is 728. The summed E-state index contributed by atoms with van der Waals surface area (Å²) in [6, 6.07) is 4.14. The van der Waals surface area contributed by atoms with Crippen molar-refractivity contribution >= 4 is 0 Å². The summed E-state index contributed by atoms with van der Waals surface area (Å²) in [6.07, 6.45) is 1.82. The van der Waals surface area contributed by atoms with Crippen LogP contribution in [0.15, 0.2) is 31.6 Å². The van der Waals surface area contributed by atoms with Crippen LogP contribution in [0.25, 0.3) is 0 Å². The zero-order chi connectivity index (χ0) is 25.3. The lowest BCUT2D eigenvalue weighted by Gasteiger charge is -2.00. The van der Waals surface area contributed by atoms with Crippen molar-refractivity contribution in [2.75, 3.05) is 0 Å². The minimum atomic E-state index is 0.329. The fourth-order valence-corrected chi connectivity index (χ4v) is 2.54. The predicted octanol–water partition coefficient (Wildman–Crippen LogP) is 8.76. The largest absolute Gasteiger partial charge is 0.466 e. The monoisotopic (exact) mass is 459 g/mol. The van der Waals surface area contributed by atoms with Crippen molar-refractivity contribution in [2.24, 2.45) is 0 Å². The van der Waals surface area contributed by atoms with Crippen molar-refractivity contribution in [1.82, 2.24) is 15.2 Å². The zero-order valence-corrected chi connectivity index (χ0v) is 22.8. The molecule has 6 heteroatoms. The van der Waals surface area contributed by atoms with Crippen molar-refractivity contribution in [2.45, 2.75) is 119 Å². The molecule has 0 fully saturated rings. The summed E-state index contributed by atoms with van der Waals surface area (Å²) < 4.78 is 16.5. The minimum absolute atomic E-state index is 0.329. The first-order chi connectivity index (χ1) is 15.3. The van der Waals surface area contributed by atoms with Crippen LogP contribution in [0.5, 0.6) is 0 Å². The molecule has 3 aromatic rings. The number of oxazole rings is 1. The first kappa shape index (κ1) is 28.7. The molecule has 0 spiro atoms. The molecule has 3 aromatic heterocycles. The van der Waals surface area contributed by atoms with Crippen LogP contribution in [-0.4, -0.2) is 15.2 Å². The number of hydrogen-bond acceptors (Lipinski definition) is 6. The lowest BCUT2D eigenvalue weighted by molar-refractivity contribution is 0.417. The maximum Gasteiger partial charge on any atom is 0.219 e. The van der Waals surface area contributed by atoms with Gasteiger partial charge in [-0.25, -0.2) is 4.98 Å². The minimum Gasteiger partial charge on any atom is -0.466 e. The Kier molecular flexibility index (Phi) is 11.6. The molecule has 186 valence electrons. The highest BCUT2D eigenvalue weighted by atomic mass is 16.4. The van der Waals surface area contributed by atoms with Crippen LogP contribution in [0.1, 0.15) is 154 Å². The van der Waals surface area contributed by atoms with Gasteiger partial charge in [0, 0.05) is 35.5 Å². The quantitative estimate of drug-likeness (QED) is 0.366. The number of rotatable bonds is 6. The van der Waals surface area contributed by atoms with E-state index in [1.165, 1.54) is 0 Å². The van der Waals surface area contributed by atoms with E-state index in [0.717, 1.165) is 35.0 Å².